The van der Waals surface area contributed by atoms with Crippen LogP contribution in [0.1, 0.15) is 59.3 Å². The number of amides is 2. The van der Waals surface area contributed by atoms with Crippen LogP contribution in [0.3, 0.4) is 0 Å². The summed E-state index contributed by atoms with van der Waals surface area (Å²) < 4.78 is 81.8. The molecule has 4 aromatic carbocycles. The molecule has 5 aromatic rings. The van der Waals surface area contributed by atoms with Gasteiger partial charge in [-0.25, -0.2) is 8.78 Å². The zero-order chi connectivity index (χ0) is 42.1. The summed E-state index contributed by atoms with van der Waals surface area (Å²) in [7, 11) is 0. The van der Waals surface area contributed by atoms with Crippen molar-refractivity contribution in [2.45, 2.75) is 51.4 Å². The van der Waals surface area contributed by atoms with Gasteiger partial charge in [0.25, 0.3) is 11.8 Å². The number of halogens is 5. The van der Waals surface area contributed by atoms with Crippen molar-refractivity contribution in [3.05, 3.63) is 112 Å². The van der Waals surface area contributed by atoms with Crippen LogP contribution >= 0.6 is 12.2 Å². The van der Waals surface area contributed by atoms with Crippen LogP contribution in [-0.2, 0) is 28.7 Å². The molecule has 0 atom stereocenters. The number of carbonyl (C=O) groups is 2. The number of aromatic nitrogens is 1. The van der Waals surface area contributed by atoms with E-state index in [1.165, 1.54) is 55.1 Å². The van der Waals surface area contributed by atoms with Gasteiger partial charge in [0, 0.05) is 61.1 Å². The van der Waals surface area contributed by atoms with Crippen LogP contribution in [-0.4, -0.2) is 60.4 Å². The number of nitriles is 1. The van der Waals surface area contributed by atoms with Gasteiger partial charge in [0.1, 0.15) is 11.4 Å². The summed E-state index contributed by atoms with van der Waals surface area (Å²) in [5, 5.41) is 16.0. The van der Waals surface area contributed by atoms with Gasteiger partial charge in [-0.3, -0.25) is 14.5 Å². The first kappa shape index (κ1) is 41.3. The minimum absolute atomic E-state index is 0.0244. The number of carbonyl (C=O) groups excluding carboxylic acids is 2. The van der Waals surface area contributed by atoms with E-state index in [9.17, 15) is 27.2 Å². The molecule has 0 radical (unpaired) electrons. The molecule has 1 aromatic heterocycles. The van der Waals surface area contributed by atoms with E-state index in [1.54, 1.807) is 0 Å². The molecular weight excluding hydrogens is 792 g/mol. The van der Waals surface area contributed by atoms with Crippen molar-refractivity contribution in [1.29, 1.82) is 5.26 Å². The number of hydrogen-bond acceptors (Lipinski definition) is 7. The lowest BCUT2D eigenvalue weighted by Crippen LogP contribution is -2.44. The van der Waals surface area contributed by atoms with Gasteiger partial charge in [0.2, 0.25) is 0 Å². The summed E-state index contributed by atoms with van der Waals surface area (Å²) >= 11 is 5.54. The zero-order valence-electron chi connectivity index (χ0n) is 32.1. The Morgan fingerprint density at radius 3 is 2.42 bits per heavy atom. The van der Waals surface area contributed by atoms with E-state index < -0.39 is 40.4 Å². The van der Waals surface area contributed by atoms with Gasteiger partial charge in [0.05, 0.1) is 35.1 Å². The van der Waals surface area contributed by atoms with Crippen molar-refractivity contribution in [3.63, 3.8) is 0 Å². The second-order valence-electron chi connectivity index (χ2n) is 14.7. The van der Waals surface area contributed by atoms with Crippen LogP contribution in [0.4, 0.5) is 33.3 Å². The van der Waals surface area contributed by atoms with E-state index in [2.05, 4.69) is 15.6 Å². The normalized spacial score (nSPS) is 15.1. The van der Waals surface area contributed by atoms with Crippen molar-refractivity contribution in [2.75, 3.05) is 42.7 Å². The van der Waals surface area contributed by atoms with Crippen LogP contribution in [0.15, 0.2) is 72.8 Å². The molecule has 0 unspecified atom stereocenters. The molecule has 59 heavy (non-hydrogen) atoms. The molecule has 1 saturated heterocycles. The topological polar surface area (TPSA) is 123 Å². The number of rotatable bonds is 14. The Morgan fingerprint density at radius 2 is 1.69 bits per heavy atom. The molecule has 1 fully saturated rings. The van der Waals surface area contributed by atoms with Crippen LogP contribution in [0.5, 0.6) is 5.75 Å². The standard InChI is InChI=1S/C43H39F5N6O4S/c1-42(2)40(56)53(29-10-9-27(23-49)33(21-29)43(46,47)48)41(59)54(42)30-11-12-36(34(45)22-30)58-18-4-17-57-16-3-14-50-24-25-5-7-26(8-6-25)38-31-13-15-51-39(55)32-19-28(44)20-35(52-38)37(31)32/h5-12,19-22,50,52H,3-4,13-18,24H2,1-2H3,(H,51,55). The van der Waals surface area contributed by atoms with E-state index in [0.29, 0.717) is 56.3 Å². The van der Waals surface area contributed by atoms with Crippen LogP contribution < -0.4 is 25.2 Å². The van der Waals surface area contributed by atoms with Crippen molar-refractivity contribution < 1.29 is 41.0 Å². The minimum atomic E-state index is -4.84. The molecule has 7 rings (SSSR count). The summed E-state index contributed by atoms with van der Waals surface area (Å²) in [6.45, 7) is 6.00. The average Bonchev–Trinajstić information content (AvgIpc) is 3.57. The Balaban J connectivity index is 0.838. The van der Waals surface area contributed by atoms with Gasteiger partial charge >= 0.3 is 6.18 Å². The lowest BCUT2D eigenvalue weighted by Gasteiger charge is -2.29. The van der Waals surface area contributed by atoms with E-state index >= 15 is 4.39 Å². The first-order chi connectivity index (χ1) is 28.2. The Bertz CT molecular complexity index is 2480. The van der Waals surface area contributed by atoms with Crippen LogP contribution in [0, 0.1) is 23.0 Å². The average molecular weight is 831 g/mol. The number of thiocarbonyl (C=S) groups is 1. The highest BCUT2D eigenvalue weighted by Gasteiger charge is 2.51. The maximum Gasteiger partial charge on any atom is 0.417 e. The summed E-state index contributed by atoms with van der Waals surface area (Å²) in [6, 6.07) is 19.3. The Morgan fingerprint density at radius 1 is 0.949 bits per heavy atom. The van der Waals surface area contributed by atoms with E-state index in [0.717, 1.165) is 57.8 Å². The third kappa shape index (κ3) is 8.36. The fourth-order valence-electron chi connectivity index (χ4n) is 7.41. The first-order valence-electron chi connectivity index (χ1n) is 18.9. The van der Waals surface area contributed by atoms with Gasteiger partial charge < -0.3 is 30.0 Å². The number of aromatic amines is 1. The van der Waals surface area contributed by atoms with Crippen molar-refractivity contribution in [1.82, 2.24) is 15.6 Å². The second kappa shape index (κ2) is 16.8. The van der Waals surface area contributed by atoms with Crippen LogP contribution in [0.25, 0.3) is 22.2 Å². The molecule has 0 bridgehead atoms. The number of hydrogen-bond donors (Lipinski definition) is 3. The summed E-state index contributed by atoms with van der Waals surface area (Å²) in [4.78, 5) is 31.6. The number of H-pyrrole nitrogens is 1. The number of alkyl halides is 3. The molecular formula is C43H39F5N6O4S. The Kier molecular flexibility index (Phi) is 11.7. The van der Waals surface area contributed by atoms with Gasteiger partial charge in [-0.15, -0.1) is 0 Å². The van der Waals surface area contributed by atoms with Crippen molar-refractivity contribution >= 4 is 51.4 Å². The van der Waals surface area contributed by atoms with Crippen molar-refractivity contribution in [3.8, 4) is 23.1 Å². The molecule has 0 saturated carbocycles. The highest BCUT2D eigenvalue weighted by Crippen LogP contribution is 2.41. The molecule has 0 spiro atoms. The molecule has 2 amide bonds. The second-order valence-corrected chi connectivity index (χ2v) is 15.0. The number of nitrogens with one attached hydrogen (secondary N) is 3. The maximum absolute atomic E-state index is 15.2. The highest BCUT2D eigenvalue weighted by molar-refractivity contribution is 7.81. The van der Waals surface area contributed by atoms with E-state index in [4.69, 9.17) is 27.0 Å². The minimum Gasteiger partial charge on any atom is -0.490 e. The van der Waals surface area contributed by atoms with Crippen LogP contribution in [0.2, 0.25) is 0 Å². The van der Waals surface area contributed by atoms with E-state index in [-0.39, 0.29) is 34.8 Å². The fraction of sp³-hybridized carbons (Fsp3) is 0.302. The largest absolute Gasteiger partial charge is 0.490 e. The molecule has 10 nitrogen and oxygen atoms in total. The first-order valence-corrected chi connectivity index (χ1v) is 19.3. The van der Waals surface area contributed by atoms with Gasteiger partial charge in [0.15, 0.2) is 16.7 Å². The molecule has 2 aliphatic heterocycles. The molecule has 2 aliphatic rings. The zero-order valence-corrected chi connectivity index (χ0v) is 32.9. The van der Waals surface area contributed by atoms with Crippen molar-refractivity contribution in [2.24, 2.45) is 0 Å². The monoisotopic (exact) mass is 830 g/mol. The van der Waals surface area contributed by atoms with E-state index in [1.807, 2.05) is 24.3 Å². The Labute approximate surface area is 341 Å². The Hall–Kier alpha value is -5.89. The summed E-state index contributed by atoms with van der Waals surface area (Å²) in [5.41, 5.74) is 1.75. The molecule has 16 heteroatoms. The molecule has 0 aliphatic carbocycles. The van der Waals surface area contributed by atoms with Gasteiger partial charge in [-0.05, 0) is 105 Å². The maximum atomic E-state index is 15.2. The third-order valence-electron chi connectivity index (χ3n) is 10.3. The highest BCUT2D eigenvalue weighted by atomic mass is 32.1. The summed E-state index contributed by atoms with van der Waals surface area (Å²) in [6.07, 6.45) is -2.93. The molecule has 3 heterocycles. The predicted octanol–water partition coefficient (Wildman–Crippen LogP) is 8.17. The lowest BCUT2D eigenvalue weighted by atomic mass is 9.99. The number of nitrogens with zero attached hydrogens (tertiary/aromatic N) is 3. The fourth-order valence-corrected chi connectivity index (χ4v) is 7.93. The smallest absolute Gasteiger partial charge is 0.417 e. The SMILES string of the molecule is CC1(C)C(=O)N(c2ccc(C#N)c(C(F)(F)F)c2)C(=S)N1c1ccc(OCCCOCCCNCc2ccc(-c3[nH]c4cc(F)cc5c4c3CCNC5=O)cc2)c(F)c1. The molecule has 3 N–H and O–H groups in total. The third-order valence-corrected chi connectivity index (χ3v) is 10.7. The number of anilines is 2. The lowest BCUT2D eigenvalue weighted by molar-refractivity contribution is -0.137. The molecule has 306 valence electrons. The summed E-state index contributed by atoms with van der Waals surface area (Å²) in [5.74, 6) is -2.10. The quantitative estimate of drug-likeness (QED) is 0.0583. The predicted molar refractivity (Wildman–Crippen MR) is 216 cm³/mol. The number of benzene rings is 4. The number of ether oxygens (including phenoxy) is 2. The van der Waals surface area contributed by atoms with Gasteiger partial charge in [-0.1, -0.05) is 24.3 Å². The van der Waals surface area contributed by atoms with Gasteiger partial charge in [-0.2, -0.15) is 18.4 Å².